The molecule has 0 heterocycles. The Bertz CT molecular complexity index is 980. The molecule has 0 saturated heterocycles. The Labute approximate surface area is 195 Å². The molecule has 6 nitrogen and oxygen atoms in total. The fraction of sp³-hybridized carbons (Fsp3) is 0.296. The predicted octanol–water partition coefficient (Wildman–Crippen LogP) is 4.03. The van der Waals surface area contributed by atoms with Crippen LogP contribution in [0.3, 0.4) is 0 Å². The van der Waals surface area contributed by atoms with Crippen molar-refractivity contribution in [2.24, 2.45) is 11.5 Å². The number of hydrogen-bond donors (Lipinski definition) is 3. The van der Waals surface area contributed by atoms with E-state index in [0.29, 0.717) is 43.4 Å². The molecular weight excluding hydrogens is 414 g/mol. The first-order chi connectivity index (χ1) is 16.2. The van der Waals surface area contributed by atoms with Crippen molar-refractivity contribution in [1.29, 1.82) is 0 Å². The van der Waals surface area contributed by atoms with Crippen LogP contribution in [0.15, 0.2) is 78.9 Å². The van der Waals surface area contributed by atoms with Gasteiger partial charge in [0.25, 0.3) is 5.91 Å². The maximum atomic E-state index is 13.2. The number of ether oxygens (including phenoxy) is 2. The zero-order valence-electron chi connectivity index (χ0n) is 18.9. The second-order valence-electron chi connectivity index (χ2n) is 7.87. The molecule has 0 saturated carbocycles. The molecule has 1 atom stereocenters. The molecule has 33 heavy (non-hydrogen) atoms. The molecule has 0 spiro atoms. The fourth-order valence-electron chi connectivity index (χ4n) is 3.47. The van der Waals surface area contributed by atoms with E-state index < -0.39 is 0 Å². The maximum absolute atomic E-state index is 13.2. The highest BCUT2D eigenvalue weighted by molar-refractivity contribution is 5.98. The zero-order valence-corrected chi connectivity index (χ0v) is 18.9. The van der Waals surface area contributed by atoms with Gasteiger partial charge in [0.2, 0.25) is 0 Å². The Morgan fingerprint density at radius 2 is 1.42 bits per heavy atom. The number of nitrogens with one attached hydrogen (secondary N) is 1. The van der Waals surface area contributed by atoms with Gasteiger partial charge in [0.15, 0.2) is 11.5 Å². The molecule has 0 fully saturated rings. The summed E-state index contributed by atoms with van der Waals surface area (Å²) >= 11 is 0. The van der Waals surface area contributed by atoms with Crippen LogP contribution in [0.5, 0.6) is 11.5 Å². The topological polar surface area (TPSA) is 99.6 Å². The third-order valence-electron chi connectivity index (χ3n) is 5.31. The highest BCUT2D eigenvalue weighted by atomic mass is 16.5. The zero-order chi connectivity index (χ0) is 23.3. The number of amides is 1. The number of hydrogen-bond acceptors (Lipinski definition) is 5. The first-order valence-electron chi connectivity index (χ1n) is 11.4. The van der Waals surface area contributed by atoms with E-state index >= 15 is 0 Å². The molecule has 6 heteroatoms. The molecule has 0 aromatic heterocycles. The lowest BCUT2D eigenvalue weighted by molar-refractivity contribution is 0.0930. The third-order valence-corrected chi connectivity index (χ3v) is 5.31. The molecule has 0 aliphatic carbocycles. The van der Waals surface area contributed by atoms with Crippen molar-refractivity contribution in [2.45, 2.75) is 38.5 Å². The average Bonchev–Trinajstić information content (AvgIpc) is 2.87. The van der Waals surface area contributed by atoms with Crippen molar-refractivity contribution in [3.8, 4) is 11.5 Å². The summed E-state index contributed by atoms with van der Waals surface area (Å²) in [4.78, 5) is 13.2. The smallest absolute Gasteiger partial charge is 0.255 e. The molecule has 0 unspecified atom stereocenters. The molecule has 3 aromatic rings. The number of para-hydroxylation sites is 1. The number of unbranched alkanes of at least 4 members (excludes halogenated alkanes) is 1. The summed E-state index contributed by atoms with van der Waals surface area (Å²) in [6.07, 6.45) is 2.60. The van der Waals surface area contributed by atoms with Crippen molar-refractivity contribution >= 4 is 5.91 Å². The summed E-state index contributed by atoms with van der Waals surface area (Å²) in [5.41, 5.74) is 13.9. The third kappa shape index (κ3) is 7.63. The Hall–Kier alpha value is -3.35. The van der Waals surface area contributed by atoms with E-state index in [1.807, 2.05) is 66.7 Å². The van der Waals surface area contributed by atoms with Crippen molar-refractivity contribution in [3.63, 3.8) is 0 Å². The van der Waals surface area contributed by atoms with Crippen LogP contribution in [0.25, 0.3) is 0 Å². The van der Waals surface area contributed by atoms with Crippen LogP contribution in [-0.2, 0) is 13.2 Å². The van der Waals surface area contributed by atoms with Crippen LogP contribution in [0, 0.1) is 0 Å². The van der Waals surface area contributed by atoms with Gasteiger partial charge in [-0.25, -0.2) is 0 Å². The van der Waals surface area contributed by atoms with E-state index in [0.717, 1.165) is 30.4 Å². The lowest BCUT2D eigenvalue weighted by atomic mass is 10.1. The standard InChI is InChI=1S/C27H33N3O3/c28-17-8-7-14-23(18-29)30-27(31)24-15-9-16-25(32-19-21-10-3-1-4-11-21)26(24)33-20-22-12-5-2-6-13-22/h1-6,9-13,15-16,23H,7-8,14,17-20,28-29H2,(H,30,31)/t23-/m0/s1. The minimum atomic E-state index is -0.230. The highest BCUT2D eigenvalue weighted by Gasteiger charge is 2.20. The van der Waals surface area contributed by atoms with Crippen LogP contribution in [0.1, 0.15) is 40.7 Å². The highest BCUT2D eigenvalue weighted by Crippen LogP contribution is 2.33. The largest absolute Gasteiger partial charge is 0.485 e. The molecular formula is C27H33N3O3. The van der Waals surface area contributed by atoms with E-state index in [1.54, 1.807) is 12.1 Å². The first kappa shape index (κ1) is 24.3. The first-order valence-corrected chi connectivity index (χ1v) is 11.4. The molecule has 3 rings (SSSR count). The van der Waals surface area contributed by atoms with E-state index in [-0.39, 0.29) is 11.9 Å². The Morgan fingerprint density at radius 3 is 2.03 bits per heavy atom. The molecule has 174 valence electrons. The van der Waals surface area contributed by atoms with Gasteiger partial charge in [-0.2, -0.15) is 0 Å². The Morgan fingerprint density at radius 1 is 0.788 bits per heavy atom. The number of benzene rings is 3. The summed E-state index contributed by atoms with van der Waals surface area (Å²) in [6, 6.07) is 25.0. The Balaban J connectivity index is 1.80. The van der Waals surface area contributed by atoms with Gasteiger partial charge in [-0.3, -0.25) is 4.79 Å². The van der Waals surface area contributed by atoms with E-state index in [1.165, 1.54) is 0 Å². The molecule has 3 aromatic carbocycles. The number of carbonyl (C=O) groups is 1. The van der Waals surface area contributed by atoms with Gasteiger partial charge >= 0.3 is 0 Å². The molecule has 0 bridgehead atoms. The monoisotopic (exact) mass is 447 g/mol. The molecule has 1 amide bonds. The second-order valence-corrected chi connectivity index (χ2v) is 7.87. The SMILES string of the molecule is NCCCC[C@@H](CN)NC(=O)c1cccc(OCc2ccccc2)c1OCc1ccccc1. The number of nitrogens with two attached hydrogens (primary N) is 2. The van der Waals surface area contributed by atoms with Gasteiger partial charge in [-0.15, -0.1) is 0 Å². The summed E-state index contributed by atoms with van der Waals surface area (Å²) in [7, 11) is 0. The van der Waals surface area contributed by atoms with E-state index in [2.05, 4.69) is 5.32 Å². The van der Waals surface area contributed by atoms with Crippen LogP contribution in [-0.4, -0.2) is 25.0 Å². The molecule has 5 N–H and O–H groups in total. The molecule has 0 aliphatic rings. The van der Waals surface area contributed by atoms with Gasteiger partial charge in [0.05, 0.1) is 5.56 Å². The van der Waals surface area contributed by atoms with Crippen LogP contribution >= 0.6 is 0 Å². The fourth-order valence-corrected chi connectivity index (χ4v) is 3.47. The minimum Gasteiger partial charge on any atom is -0.485 e. The summed E-state index contributed by atoms with van der Waals surface area (Å²) in [5.74, 6) is 0.716. The minimum absolute atomic E-state index is 0.125. The van der Waals surface area contributed by atoms with Gasteiger partial charge < -0.3 is 26.3 Å². The summed E-state index contributed by atoms with van der Waals surface area (Å²) in [5, 5.41) is 3.04. The predicted molar refractivity (Wildman–Crippen MR) is 131 cm³/mol. The summed E-state index contributed by atoms with van der Waals surface area (Å²) < 4.78 is 12.2. The van der Waals surface area contributed by atoms with Crippen molar-refractivity contribution in [2.75, 3.05) is 13.1 Å². The summed E-state index contributed by atoms with van der Waals surface area (Å²) in [6.45, 7) is 1.69. The normalized spacial score (nSPS) is 11.6. The van der Waals surface area contributed by atoms with Crippen molar-refractivity contribution in [1.82, 2.24) is 5.32 Å². The lowest BCUT2D eigenvalue weighted by Gasteiger charge is -2.20. The van der Waals surface area contributed by atoms with Crippen LogP contribution in [0.4, 0.5) is 0 Å². The van der Waals surface area contributed by atoms with Crippen molar-refractivity contribution < 1.29 is 14.3 Å². The maximum Gasteiger partial charge on any atom is 0.255 e. The lowest BCUT2D eigenvalue weighted by Crippen LogP contribution is -2.40. The van der Waals surface area contributed by atoms with Crippen molar-refractivity contribution in [3.05, 3.63) is 95.6 Å². The van der Waals surface area contributed by atoms with Crippen LogP contribution < -0.4 is 26.3 Å². The van der Waals surface area contributed by atoms with Gasteiger partial charge in [-0.05, 0) is 42.6 Å². The van der Waals surface area contributed by atoms with E-state index in [4.69, 9.17) is 20.9 Å². The Kier molecular flexibility index (Phi) is 9.76. The van der Waals surface area contributed by atoms with Gasteiger partial charge in [-0.1, -0.05) is 73.2 Å². The van der Waals surface area contributed by atoms with E-state index in [9.17, 15) is 4.79 Å². The van der Waals surface area contributed by atoms with Crippen LogP contribution in [0.2, 0.25) is 0 Å². The average molecular weight is 448 g/mol. The number of rotatable bonds is 13. The molecule has 0 radical (unpaired) electrons. The number of carbonyl (C=O) groups excluding carboxylic acids is 1. The molecule has 0 aliphatic heterocycles. The quantitative estimate of drug-likeness (QED) is 0.344. The second kappa shape index (κ2) is 13.3. The van der Waals surface area contributed by atoms with Gasteiger partial charge in [0, 0.05) is 12.6 Å². The van der Waals surface area contributed by atoms with Gasteiger partial charge in [0.1, 0.15) is 13.2 Å².